The molecule has 7 heteroatoms. The SMILES string of the molecule is COc1cc(C(=O)N(CCCBr)C(C)C)ccc1[N+](=O)[O-]. The third-order valence-electron chi connectivity index (χ3n) is 3.04. The molecule has 1 rings (SSSR count). The van der Waals surface area contributed by atoms with Crippen LogP contribution in [0.3, 0.4) is 0 Å². The molecule has 0 aromatic heterocycles. The fraction of sp³-hybridized carbons (Fsp3) is 0.500. The first-order valence-electron chi connectivity index (χ1n) is 6.61. The van der Waals surface area contributed by atoms with Crippen molar-refractivity contribution in [3.05, 3.63) is 33.9 Å². The number of hydrogen-bond acceptors (Lipinski definition) is 4. The molecule has 0 saturated heterocycles. The smallest absolute Gasteiger partial charge is 0.310 e. The molecule has 0 radical (unpaired) electrons. The number of nitro groups is 1. The Morgan fingerprint density at radius 3 is 2.62 bits per heavy atom. The topological polar surface area (TPSA) is 72.7 Å². The van der Waals surface area contributed by atoms with E-state index in [-0.39, 0.29) is 23.4 Å². The minimum absolute atomic E-state index is 0.0535. The summed E-state index contributed by atoms with van der Waals surface area (Å²) < 4.78 is 5.00. The van der Waals surface area contributed by atoms with E-state index in [1.807, 2.05) is 13.8 Å². The van der Waals surface area contributed by atoms with Crippen molar-refractivity contribution in [2.24, 2.45) is 0 Å². The van der Waals surface area contributed by atoms with Crippen molar-refractivity contribution in [2.75, 3.05) is 19.0 Å². The molecule has 0 heterocycles. The molecule has 0 fully saturated rings. The molecule has 21 heavy (non-hydrogen) atoms. The van der Waals surface area contributed by atoms with E-state index < -0.39 is 4.92 Å². The summed E-state index contributed by atoms with van der Waals surface area (Å²) in [6, 6.07) is 4.24. The van der Waals surface area contributed by atoms with E-state index in [0.717, 1.165) is 11.8 Å². The van der Waals surface area contributed by atoms with Gasteiger partial charge in [0.1, 0.15) is 0 Å². The molecular formula is C14H19BrN2O4. The predicted molar refractivity (Wildman–Crippen MR) is 84.2 cm³/mol. The fourth-order valence-electron chi connectivity index (χ4n) is 1.95. The largest absolute Gasteiger partial charge is 0.490 e. The molecule has 0 spiro atoms. The number of nitrogens with zero attached hydrogens (tertiary/aromatic N) is 2. The minimum Gasteiger partial charge on any atom is -0.490 e. The summed E-state index contributed by atoms with van der Waals surface area (Å²) in [6.07, 6.45) is 0.841. The second-order valence-electron chi connectivity index (χ2n) is 4.78. The van der Waals surface area contributed by atoms with Crippen LogP contribution in [0.2, 0.25) is 0 Å². The van der Waals surface area contributed by atoms with Crippen LogP contribution in [0, 0.1) is 10.1 Å². The van der Waals surface area contributed by atoms with E-state index in [4.69, 9.17) is 4.74 Å². The van der Waals surface area contributed by atoms with Gasteiger partial charge in [-0.25, -0.2) is 0 Å². The number of hydrogen-bond donors (Lipinski definition) is 0. The monoisotopic (exact) mass is 358 g/mol. The van der Waals surface area contributed by atoms with Crippen molar-refractivity contribution in [3.8, 4) is 5.75 Å². The first kappa shape index (κ1) is 17.4. The average Bonchev–Trinajstić information content (AvgIpc) is 2.46. The number of carbonyl (C=O) groups excluding carboxylic acids is 1. The lowest BCUT2D eigenvalue weighted by molar-refractivity contribution is -0.385. The van der Waals surface area contributed by atoms with Gasteiger partial charge in [-0.3, -0.25) is 14.9 Å². The van der Waals surface area contributed by atoms with Gasteiger partial charge >= 0.3 is 5.69 Å². The van der Waals surface area contributed by atoms with Gasteiger partial charge in [-0.05, 0) is 26.3 Å². The number of nitro benzene ring substituents is 1. The standard InChI is InChI=1S/C14H19BrN2O4/c1-10(2)16(8-4-7-15)14(18)11-5-6-12(17(19)20)13(9-11)21-3/h5-6,9-10H,4,7-8H2,1-3H3. The first-order chi connectivity index (χ1) is 9.92. The first-order valence-corrected chi connectivity index (χ1v) is 7.73. The summed E-state index contributed by atoms with van der Waals surface area (Å²) in [4.78, 5) is 24.6. The summed E-state index contributed by atoms with van der Waals surface area (Å²) in [5.74, 6) is -0.0609. The van der Waals surface area contributed by atoms with Crippen LogP contribution < -0.4 is 4.74 Å². The van der Waals surface area contributed by atoms with Crippen LogP contribution in [0.15, 0.2) is 18.2 Å². The summed E-state index contributed by atoms with van der Waals surface area (Å²) in [5.41, 5.74) is 0.242. The van der Waals surface area contributed by atoms with Crippen molar-refractivity contribution in [2.45, 2.75) is 26.3 Å². The molecule has 6 nitrogen and oxygen atoms in total. The molecule has 1 aromatic rings. The Balaban J connectivity index is 3.08. The number of methoxy groups -OCH3 is 1. The van der Waals surface area contributed by atoms with Crippen molar-refractivity contribution in [1.82, 2.24) is 4.90 Å². The summed E-state index contributed by atoms with van der Waals surface area (Å²) in [7, 11) is 1.35. The van der Waals surface area contributed by atoms with Crippen LogP contribution in [-0.4, -0.2) is 40.8 Å². The summed E-state index contributed by atoms with van der Waals surface area (Å²) in [5, 5.41) is 11.7. The van der Waals surface area contributed by atoms with Crippen LogP contribution >= 0.6 is 15.9 Å². The highest BCUT2D eigenvalue weighted by molar-refractivity contribution is 9.09. The highest BCUT2D eigenvalue weighted by atomic mass is 79.9. The number of alkyl halides is 1. The van der Waals surface area contributed by atoms with E-state index in [1.165, 1.54) is 25.3 Å². The Morgan fingerprint density at radius 2 is 2.14 bits per heavy atom. The van der Waals surface area contributed by atoms with Gasteiger partial charge in [0.15, 0.2) is 5.75 Å². The van der Waals surface area contributed by atoms with Gasteiger partial charge in [0.05, 0.1) is 12.0 Å². The zero-order chi connectivity index (χ0) is 16.0. The van der Waals surface area contributed by atoms with E-state index >= 15 is 0 Å². The predicted octanol–water partition coefficient (Wildman–Crippen LogP) is 3.24. The van der Waals surface area contributed by atoms with Crippen LogP contribution in [0.5, 0.6) is 5.75 Å². The molecule has 0 aliphatic carbocycles. The number of amides is 1. The zero-order valence-electron chi connectivity index (χ0n) is 12.3. The molecule has 0 aliphatic rings. The molecule has 0 saturated carbocycles. The van der Waals surface area contributed by atoms with Gasteiger partial charge in [0.25, 0.3) is 5.91 Å². The van der Waals surface area contributed by atoms with Gasteiger partial charge < -0.3 is 9.64 Å². The Bertz CT molecular complexity index is 520. The van der Waals surface area contributed by atoms with Gasteiger partial charge in [-0.1, -0.05) is 15.9 Å². The molecule has 1 aromatic carbocycles. The lowest BCUT2D eigenvalue weighted by atomic mass is 10.1. The zero-order valence-corrected chi connectivity index (χ0v) is 13.9. The maximum atomic E-state index is 12.5. The third-order valence-corrected chi connectivity index (χ3v) is 3.60. The van der Waals surface area contributed by atoms with Crippen LogP contribution in [-0.2, 0) is 0 Å². The number of carbonyl (C=O) groups is 1. The minimum atomic E-state index is -0.530. The quantitative estimate of drug-likeness (QED) is 0.426. The average molecular weight is 359 g/mol. The van der Waals surface area contributed by atoms with Crippen molar-refractivity contribution in [1.29, 1.82) is 0 Å². The Morgan fingerprint density at radius 1 is 1.48 bits per heavy atom. The van der Waals surface area contributed by atoms with Gasteiger partial charge in [0, 0.05) is 35.6 Å². The van der Waals surface area contributed by atoms with Crippen LogP contribution in [0.4, 0.5) is 5.69 Å². The number of benzene rings is 1. The molecule has 0 atom stereocenters. The van der Waals surface area contributed by atoms with E-state index in [2.05, 4.69) is 15.9 Å². The van der Waals surface area contributed by atoms with Crippen molar-refractivity contribution < 1.29 is 14.5 Å². The van der Waals surface area contributed by atoms with Crippen LogP contribution in [0.1, 0.15) is 30.6 Å². The van der Waals surface area contributed by atoms with E-state index in [0.29, 0.717) is 12.1 Å². The van der Waals surface area contributed by atoms with Crippen molar-refractivity contribution >= 4 is 27.5 Å². The molecule has 116 valence electrons. The molecule has 0 bridgehead atoms. The van der Waals surface area contributed by atoms with E-state index in [9.17, 15) is 14.9 Å². The number of ether oxygens (including phenoxy) is 1. The maximum Gasteiger partial charge on any atom is 0.310 e. The molecule has 0 unspecified atom stereocenters. The highest BCUT2D eigenvalue weighted by Crippen LogP contribution is 2.28. The summed E-state index contributed by atoms with van der Waals surface area (Å²) in [6.45, 7) is 4.50. The maximum absolute atomic E-state index is 12.5. The Labute approximate surface area is 132 Å². The Hall–Kier alpha value is -1.63. The van der Waals surface area contributed by atoms with Gasteiger partial charge in [-0.15, -0.1) is 0 Å². The second kappa shape index (κ2) is 7.97. The van der Waals surface area contributed by atoms with Crippen molar-refractivity contribution in [3.63, 3.8) is 0 Å². The second-order valence-corrected chi connectivity index (χ2v) is 5.57. The van der Waals surface area contributed by atoms with Crippen LogP contribution in [0.25, 0.3) is 0 Å². The molecule has 0 aliphatic heterocycles. The molecule has 1 amide bonds. The van der Waals surface area contributed by atoms with Gasteiger partial charge in [0.2, 0.25) is 0 Å². The summed E-state index contributed by atoms with van der Waals surface area (Å²) >= 11 is 3.35. The fourth-order valence-corrected chi connectivity index (χ4v) is 2.20. The molecular weight excluding hydrogens is 340 g/mol. The molecule has 0 N–H and O–H groups in total. The highest BCUT2D eigenvalue weighted by Gasteiger charge is 2.22. The lowest BCUT2D eigenvalue weighted by Crippen LogP contribution is -2.37. The van der Waals surface area contributed by atoms with Gasteiger partial charge in [-0.2, -0.15) is 0 Å². The number of rotatable bonds is 7. The van der Waals surface area contributed by atoms with E-state index in [1.54, 1.807) is 4.90 Å². The Kier molecular flexibility index (Phi) is 6.61. The normalized spacial score (nSPS) is 10.5. The third kappa shape index (κ3) is 4.42. The number of halogens is 1. The lowest BCUT2D eigenvalue weighted by Gasteiger charge is -2.26.